The number of rotatable bonds is 6. The highest BCUT2D eigenvalue weighted by Gasteiger charge is 2.15. The SMILES string of the molecule is COc1ccc(S(=O)(=O)NCc2nc(-c3ccccc3F)cs2)cc1. The van der Waals surface area contributed by atoms with Crippen molar-refractivity contribution >= 4 is 21.4 Å². The summed E-state index contributed by atoms with van der Waals surface area (Å²) < 4.78 is 45.9. The highest BCUT2D eigenvalue weighted by molar-refractivity contribution is 7.89. The molecule has 0 aliphatic rings. The molecule has 0 aliphatic carbocycles. The molecule has 1 heterocycles. The van der Waals surface area contributed by atoms with E-state index < -0.39 is 10.0 Å². The summed E-state index contributed by atoms with van der Waals surface area (Å²) in [6.45, 7) is 0.0352. The molecule has 0 unspecified atom stereocenters. The van der Waals surface area contributed by atoms with E-state index in [1.165, 1.54) is 36.6 Å². The van der Waals surface area contributed by atoms with Crippen molar-refractivity contribution in [2.75, 3.05) is 7.11 Å². The van der Waals surface area contributed by atoms with Crippen molar-refractivity contribution in [3.63, 3.8) is 0 Å². The van der Waals surface area contributed by atoms with Gasteiger partial charge in [0.05, 0.1) is 24.2 Å². The fourth-order valence-electron chi connectivity index (χ4n) is 2.18. The van der Waals surface area contributed by atoms with E-state index in [9.17, 15) is 12.8 Å². The number of nitrogens with one attached hydrogen (secondary N) is 1. The summed E-state index contributed by atoms with van der Waals surface area (Å²) in [6, 6.07) is 12.4. The number of sulfonamides is 1. The highest BCUT2D eigenvalue weighted by atomic mass is 32.2. The third-order valence-corrected chi connectivity index (χ3v) is 5.75. The smallest absolute Gasteiger partial charge is 0.240 e. The van der Waals surface area contributed by atoms with E-state index in [-0.39, 0.29) is 17.3 Å². The molecular formula is C17H15FN2O3S2. The maximum absolute atomic E-state index is 13.8. The second kappa shape index (κ2) is 7.30. The fourth-order valence-corrected chi connectivity index (χ4v) is 3.99. The van der Waals surface area contributed by atoms with Gasteiger partial charge >= 0.3 is 0 Å². The zero-order valence-electron chi connectivity index (χ0n) is 13.3. The summed E-state index contributed by atoms with van der Waals surface area (Å²) in [7, 11) is -2.15. The van der Waals surface area contributed by atoms with Crippen LogP contribution in [0, 0.1) is 5.82 Å². The lowest BCUT2D eigenvalue weighted by molar-refractivity contribution is 0.414. The van der Waals surface area contributed by atoms with Gasteiger partial charge in [0, 0.05) is 10.9 Å². The first kappa shape index (κ1) is 17.5. The first-order valence-corrected chi connectivity index (χ1v) is 9.69. The minimum Gasteiger partial charge on any atom is -0.497 e. The van der Waals surface area contributed by atoms with Crippen molar-refractivity contribution in [2.45, 2.75) is 11.4 Å². The molecule has 130 valence electrons. The van der Waals surface area contributed by atoms with Crippen molar-refractivity contribution in [3.05, 3.63) is 64.7 Å². The van der Waals surface area contributed by atoms with Crippen LogP contribution >= 0.6 is 11.3 Å². The van der Waals surface area contributed by atoms with Crippen molar-refractivity contribution in [2.24, 2.45) is 0 Å². The molecule has 0 amide bonds. The quantitative estimate of drug-likeness (QED) is 0.713. The monoisotopic (exact) mass is 378 g/mol. The zero-order valence-corrected chi connectivity index (χ0v) is 14.9. The van der Waals surface area contributed by atoms with Crippen LogP contribution < -0.4 is 9.46 Å². The van der Waals surface area contributed by atoms with Crippen LogP contribution in [0.3, 0.4) is 0 Å². The zero-order chi connectivity index (χ0) is 17.9. The van der Waals surface area contributed by atoms with E-state index >= 15 is 0 Å². The van der Waals surface area contributed by atoms with Crippen LogP contribution in [0.4, 0.5) is 4.39 Å². The molecule has 5 nitrogen and oxygen atoms in total. The topological polar surface area (TPSA) is 68.3 Å². The minimum absolute atomic E-state index is 0.0352. The van der Waals surface area contributed by atoms with Crippen LogP contribution in [-0.4, -0.2) is 20.5 Å². The standard InChI is InChI=1S/C17H15FN2O3S2/c1-23-12-6-8-13(9-7-12)25(21,22)19-10-17-20-16(11-24-17)14-4-2-3-5-15(14)18/h2-9,11,19H,10H2,1H3. The second-order valence-electron chi connectivity index (χ2n) is 5.11. The molecule has 3 rings (SSSR count). The molecule has 1 N–H and O–H groups in total. The predicted molar refractivity (Wildman–Crippen MR) is 94.5 cm³/mol. The van der Waals surface area contributed by atoms with Crippen LogP contribution in [0.25, 0.3) is 11.3 Å². The number of nitrogens with zero attached hydrogens (tertiary/aromatic N) is 1. The lowest BCUT2D eigenvalue weighted by atomic mass is 10.2. The van der Waals surface area contributed by atoms with Gasteiger partial charge in [-0.1, -0.05) is 12.1 Å². The number of halogens is 1. The Hall–Kier alpha value is -2.29. The van der Waals surface area contributed by atoms with E-state index in [4.69, 9.17) is 4.74 Å². The van der Waals surface area contributed by atoms with Crippen LogP contribution in [0.5, 0.6) is 5.75 Å². The highest BCUT2D eigenvalue weighted by Crippen LogP contribution is 2.24. The molecule has 25 heavy (non-hydrogen) atoms. The summed E-state index contributed by atoms with van der Waals surface area (Å²) in [5.41, 5.74) is 0.879. The normalized spacial score (nSPS) is 11.4. The van der Waals surface area contributed by atoms with Gasteiger partial charge in [0.25, 0.3) is 0 Å². The number of hydrogen-bond acceptors (Lipinski definition) is 5. The van der Waals surface area contributed by atoms with Gasteiger partial charge < -0.3 is 4.74 Å². The Balaban J connectivity index is 1.72. The Bertz CT molecular complexity index is 970. The van der Waals surface area contributed by atoms with Crippen LogP contribution in [-0.2, 0) is 16.6 Å². The van der Waals surface area contributed by atoms with Crippen LogP contribution in [0.15, 0.2) is 58.8 Å². The Morgan fingerprint density at radius 1 is 1.16 bits per heavy atom. The molecule has 2 aromatic carbocycles. The van der Waals surface area contributed by atoms with Gasteiger partial charge in [-0.05, 0) is 36.4 Å². The van der Waals surface area contributed by atoms with Crippen molar-refractivity contribution in [1.29, 1.82) is 0 Å². The van der Waals surface area contributed by atoms with Crippen molar-refractivity contribution in [3.8, 4) is 17.0 Å². The summed E-state index contributed by atoms with van der Waals surface area (Å²) in [5.74, 6) is 0.214. The summed E-state index contributed by atoms with van der Waals surface area (Å²) in [5, 5.41) is 2.26. The lowest BCUT2D eigenvalue weighted by Crippen LogP contribution is -2.23. The largest absolute Gasteiger partial charge is 0.497 e. The van der Waals surface area contributed by atoms with Crippen molar-refractivity contribution in [1.82, 2.24) is 9.71 Å². The van der Waals surface area contributed by atoms with E-state index in [1.54, 1.807) is 35.7 Å². The number of methoxy groups -OCH3 is 1. The van der Waals surface area contributed by atoms with E-state index in [2.05, 4.69) is 9.71 Å². The molecule has 0 atom stereocenters. The maximum Gasteiger partial charge on any atom is 0.240 e. The van der Waals surface area contributed by atoms with Gasteiger partial charge in [-0.3, -0.25) is 0 Å². The molecule has 0 aliphatic heterocycles. The molecule has 1 aromatic heterocycles. The van der Waals surface area contributed by atoms with E-state index in [1.807, 2.05) is 0 Å². The molecule has 0 fully saturated rings. The summed E-state index contributed by atoms with van der Waals surface area (Å²) >= 11 is 1.27. The molecule has 0 saturated carbocycles. The molecule has 0 saturated heterocycles. The Kier molecular flexibility index (Phi) is 5.12. The van der Waals surface area contributed by atoms with Crippen LogP contribution in [0.2, 0.25) is 0 Å². The number of ether oxygens (including phenoxy) is 1. The Labute approximate surface area is 149 Å². The second-order valence-corrected chi connectivity index (χ2v) is 7.82. The van der Waals surface area contributed by atoms with E-state index in [0.717, 1.165) is 0 Å². The Morgan fingerprint density at radius 3 is 2.56 bits per heavy atom. The molecular weight excluding hydrogens is 363 g/mol. The van der Waals surface area contributed by atoms with Gasteiger partial charge in [0.2, 0.25) is 10.0 Å². The van der Waals surface area contributed by atoms with Gasteiger partial charge in [0.15, 0.2) is 0 Å². The average molecular weight is 378 g/mol. The molecule has 3 aromatic rings. The van der Waals surface area contributed by atoms with E-state index in [0.29, 0.717) is 22.0 Å². The number of benzene rings is 2. The lowest BCUT2D eigenvalue weighted by Gasteiger charge is -2.06. The molecule has 0 radical (unpaired) electrons. The predicted octanol–water partition coefficient (Wildman–Crippen LogP) is 3.44. The molecule has 0 spiro atoms. The van der Waals surface area contributed by atoms with Gasteiger partial charge in [0.1, 0.15) is 16.6 Å². The number of thiazole rings is 1. The van der Waals surface area contributed by atoms with Gasteiger partial charge in [-0.2, -0.15) is 0 Å². The molecule has 8 heteroatoms. The summed E-state index contributed by atoms with van der Waals surface area (Å²) in [4.78, 5) is 4.44. The van der Waals surface area contributed by atoms with Crippen LogP contribution in [0.1, 0.15) is 5.01 Å². The fraction of sp³-hybridized carbons (Fsp3) is 0.118. The maximum atomic E-state index is 13.8. The first-order valence-electron chi connectivity index (χ1n) is 7.32. The third kappa shape index (κ3) is 4.04. The third-order valence-electron chi connectivity index (χ3n) is 3.48. The summed E-state index contributed by atoms with van der Waals surface area (Å²) in [6.07, 6.45) is 0. The minimum atomic E-state index is -3.66. The number of hydrogen-bond donors (Lipinski definition) is 1. The van der Waals surface area contributed by atoms with Gasteiger partial charge in [-0.15, -0.1) is 11.3 Å². The molecule has 0 bridgehead atoms. The van der Waals surface area contributed by atoms with Crippen molar-refractivity contribution < 1.29 is 17.5 Å². The Morgan fingerprint density at radius 2 is 1.88 bits per heavy atom. The van der Waals surface area contributed by atoms with Gasteiger partial charge in [-0.25, -0.2) is 22.5 Å². The first-order chi connectivity index (χ1) is 12.0. The average Bonchev–Trinajstić information content (AvgIpc) is 3.09. The number of aromatic nitrogens is 1.